The minimum atomic E-state index is 1.13. The van der Waals surface area contributed by atoms with Gasteiger partial charge in [-0.15, -0.1) is 0 Å². The van der Waals surface area contributed by atoms with E-state index in [4.69, 9.17) is 0 Å². The molecule has 0 radical (unpaired) electrons. The number of allylic oxidation sites excluding steroid dienone is 2. The first-order chi connectivity index (χ1) is 5.88. The molecule has 0 bridgehead atoms. The molecule has 12 heavy (non-hydrogen) atoms. The molecule has 2 rings (SSSR count). The van der Waals surface area contributed by atoms with Gasteiger partial charge in [0.25, 0.3) is 0 Å². The van der Waals surface area contributed by atoms with E-state index in [1.807, 2.05) is 0 Å². The van der Waals surface area contributed by atoms with Crippen LogP contribution < -0.4 is 0 Å². The summed E-state index contributed by atoms with van der Waals surface area (Å²) in [6.45, 7) is 2.21. The number of aryl methyl sites for hydroxylation is 2. The predicted octanol–water partition coefficient (Wildman–Crippen LogP) is 3.04. The van der Waals surface area contributed by atoms with Gasteiger partial charge in [0.05, 0.1) is 0 Å². The van der Waals surface area contributed by atoms with E-state index in [-0.39, 0.29) is 0 Å². The molecule has 0 saturated heterocycles. The highest BCUT2D eigenvalue weighted by Crippen LogP contribution is 2.19. The predicted molar refractivity (Wildman–Crippen MR) is 52.3 cm³/mol. The second-order valence-corrected chi connectivity index (χ2v) is 3.43. The van der Waals surface area contributed by atoms with Gasteiger partial charge < -0.3 is 0 Å². The second kappa shape index (κ2) is 3.14. The Morgan fingerprint density at radius 2 is 2.08 bits per heavy atom. The van der Waals surface area contributed by atoms with Crippen molar-refractivity contribution in [1.29, 1.82) is 0 Å². The Bertz CT molecular complexity index is 308. The first kappa shape index (κ1) is 7.60. The SMILES string of the molecule is Cc1cccc2c1CC=CCC2. The molecule has 0 heterocycles. The summed E-state index contributed by atoms with van der Waals surface area (Å²) in [6, 6.07) is 6.63. The summed E-state index contributed by atoms with van der Waals surface area (Å²) in [4.78, 5) is 0. The van der Waals surface area contributed by atoms with E-state index in [1.165, 1.54) is 18.4 Å². The van der Waals surface area contributed by atoms with Gasteiger partial charge >= 0.3 is 0 Å². The quantitative estimate of drug-likeness (QED) is 0.509. The van der Waals surface area contributed by atoms with Crippen LogP contribution in [0.5, 0.6) is 0 Å². The van der Waals surface area contributed by atoms with E-state index in [2.05, 4.69) is 37.3 Å². The van der Waals surface area contributed by atoms with Crippen LogP contribution in [0.15, 0.2) is 30.4 Å². The molecule has 1 aromatic carbocycles. The lowest BCUT2D eigenvalue weighted by Gasteiger charge is -2.07. The lowest BCUT2D eigenvalue weighted by Crippen LogP contribution is -1.93. The van der Waals surface area contributed by atoms with Crippen LogP contribution in [0.2, 0.25) is 0 Å². The van der Waals surface area contributed by atoms with E-state index in [9.17, 15) is 0 Å². The smallest absolute Gasteiger partial charge is 0.00921 e. The number of benzene rings is 1. The highest BCUT2D eigenvalue weighted by atomic mass is 14.1. The molecule has 0 unspecified atom stereocenters. The summed E-state index contributed by atoms with van der Waals surface area (Å²) >= 11 is 0. The summed E-state index contributed by atoms with van der Waals surface area (Å²) in [5.41, 5.74) is 4.53. The molecule has 0 amide bonds. The van der Waals surface area contributed by atoms with Gasteiger partial charge in [-0.1, -0.05) is 30.4 Å². The van der Waals surface area contributed by atoms with Gasteiger partial charge in [-0.3, -0.25) is 0 Å². The lowest BCUT2D eigenvalue weighted by atomic mass is 9.98. The average Bonchev–Trinajstić information content (AvgIpc) is 2.30. The Labute approximate surface area is 73.9 Å². The molecule has 0 N–H and O–H groups in total. The van der Waals surface area contributed by atoms with Crippen LogP contribution in [0.4, 0.5) is 0 Å². The van der Waals surface area contributed by atoms with Crippen molar-refractivity contribution in [3.63, 3.8) is 0 Å². The van der Waals surface area contributed by atoms with Crippen molar-refractivity contribution in [3.05, 3.63) is 47.0 Å². The Balaban J connectivity index is 2.48. The molecule has 0 aromatic heterocycles. The molecular formula is C12H14. The molecule has 0 fully saturated rings. The van der Waals surface area contributed by atoms with Crippen molar-refractivity contribution < 1.29 is 0 Å². The van der Waals surface area contributed by atoms with Crippen LogP contribution in [-0.2, 0) is 12.8 Å². The topological polar surface area (TPSA) is 0 Å². The maximum atomic E-state index is 2.29. The van der Waals surface area contributed by atoms with E-state index < -0.39 is 0 Å². The zero-order valence-electron chi connectivity index (χ0n) is 7.51. The summed E-state index contributed by atoms with van der Waals surface area (Å²) < 4.78 is 0. The maximum Gasteiger partial charge on any atom is -0.00921 e. The highest BCUT2D eigenvalue weighted by Gasteiger charge is 2.05. The van der Waals surface area contributed by atoms with Crippen molar-refractivity contribution >= 4 is 0 Å². The molecular weight excluding hydrogens is 144 g/mol. The van der Waals surface area contributed by atoms with Gasteiger partial charge in [0.15, 0.2) is 0 Å². The van der Waals surface area contributed by atoms with Crippen LogP contribution in [0.1, 0.15) is 23.1 Å². The van der Waals surface area contributed by atoms with E-state index in [0.29, 0.717) is 0 Å². The fourth-order valence-electron chi connectivity index (χ4n) is 1.85. The van der Waals surface area contributed by atoms with Crippen LogP contribution in [-0.4, -0.2) is 0 Å². The van der Waals surface area contributed by atoms with Crippen LogP contribution >= 0.6 is 0 Å². The third-order valence-corrected chi connectivity index (χ3v) is 2.58. The van der Waals surface area contributed by atoms with Gasteiger partial charge in [0, 0.05) is 0 Å². The Morgan fingerprint density at radius 1 is 1.17 bits per heavy atom. The number of hydrogen-bond acceptors (Lipinski definition) is 0. The van der Waals surface area contributed by atoms with Crippen LogP contribution in [0.25, 0.3) is 0 Å². The molecule has 0 heteroatoms. The summed E-state index contributed by atoms with van der Waals surface area (Å²) in [5, 5.41) is 0. The third-order valence-electron chi connectivity index (χ3n) is 2.58. The van der Waals surface area contributed by atoms with E-state index >= 15 is 0 Å². The maximum absolute atomic E-state index is 2.29. The van der Waals surface area contributed by atoms with Crippen molar-refractivity contribution in [3.8, 4) is 0 Å². The molecule has 0 nitrogen and oxygen atoms in total. The zero-order chi connectivity index (χ0) is 8.39. The van der Waals surface area contributed by atoms with E-state index in [0.717, 1.165) is 6.42 Å². The van der Waals surface area contributed by atoms with Crippen LogP contribution in [0, 0.1) is 6.92 Å². The fourth-order valence-corrected chi connectivity index (χ4v) is 1.85. The Morgan fingerprint density at radius 3 is 3.00 bits per heavy atom. The first-order valence-electron chi connectivity index (χ1n) is 4.60. The molecule has 1 aliphatic carbocycles. The van der Waals surface area contributed by atoms with Gasteiger partial charge in [0.2, 0.25) is 0 Å². The van der Waals surface area contributed by atoms with Gasteiger partial charge in [-0.25, -0.2) is 0 Å². The van der Waals surface area contributed by atoms with Gasteiger partial charge in [-0.05, 0) is 42.9 Å². The standard InChI is InChI=1S/C12H14/c1-10-6-5-8-11-7-3-2-4-9-12(10)11/h2,4-6,8H,3,7,9H2,1H3. The second-order valence-electron chi connectivity index (χ2n) is 3.43. The van der Waals surface area contributed by atoms with Crippen molar-refractivity contribution in [2.75, 3.05) is 0 Å². The largest absolute Gasteiger partial charge is 0.0879 e. The monoisotopic (exact) mass is 158 g/mol. The molecule has 0 saturated carbocycles. The van der Waals surface area contributed by atoms with Crippen LogP contribution in [0.3, 0.4) is 0 Å². The van der Waals surface area contributed by atoms with Crippen molar-refractivity contribution in [2.24, 2.45) is 0 Å². The van der Waals surface area contributed by atoms with Crippen molar-refractivity contribution in [1.82, 2.24) is 0 Å². The normalized spacial score (nSPS) is 15.4. The fraction of sp³-hybridized carbons (Fsp3) is 0.333. The molecule has 1 aromatic rings. The van der Waals surface area contributed by atoms with E-state index in [1.54, 1.807) is 11.1 Å². The first-order valence-corrected chi connectivity index (χ1v) is 4.60. The average molecular weight is 158 g/mol. The zero-order valence-corrected chi connectivity index (χ0v) is 7.51. The number of fused-ring (bicyclic) bond motifs is 1. The van der Waals surface area contributed by atoms with Gasteiger partial charge in [-0.2, -0.15) is 0 Å². The summed E-state index contributed by atoms with van der Waals surface area (Å²) in [7, 11) is 0. The molecule has 0 atom stereocenters. The molecule has 1 aliphatic rings. The lowest BCUT2D eigenvalue weighted by molar-refractivity contribution is 0.995. The third kappa shape index (κ3) is 1.29. The molecule has 0 aliphatic heterocycles. The number of hydrogen-bond donors (Lipinski definition) is 0. The molecule has 0 spiro atoms. The Kier molecular flexibility index (Phi) is 1.99. The summed E-state index contributed by atoms with van der Waals surface area (Å²) in [6.07, 6.45) is 8.13. The summed E-state index contributed by atoms with van der Waals surface area (Å²) in [5.74, 6) is 0. The van der Waals surface area contributed by atoms with Crippen molar-refractivity contribution in [2.45, 2.75) is 26.2 Å². The highest BCUT2D eigenvalue weighted by molar-refractivity contribution is 5.37. The molecule has 62 valence electrons. The Hall–Kier alpha value is -1.04. The van der Waals surface area contributed by atoms with Gasteiger partial charge in [0.1, 0.15) is 0 Å². The number of rotatable bonds is 0. The minimum Gasteiger partial charge on any atom is -0.0879 e. The minimum absolute atomic E-state index is 1.13.